The van der Waals surface area contributed by atoms with Gasteiger partial charge in [-0.25, -0.2) is 24.3 Å². The number of pyridine rings is 1. The maximum atomic E-state index is 14.4. The van der Waals surface area contributed by atoms with Crippen molar-refractivity contribution in [2.24, 2.45) is 5.92 Å². The Labute approximate surface area is 208 Å². The van der Waals surface area contributed by atoms with Gasteiger partial charge in [0.2, 0.25) is 0 Å². The Bertz CT molecular complexity index is 1360. The van der Waals surface area contributed by atoms with Crippen molar-refractivity contribution in [3.63, 3.8) is 0 Å². The quantitative estimate of drug-likeness (QED) is 0.359. The maximum absolute atomic E-state index is 14.4. The molecule has 2 N–H and O–H groups in total. The zero-order valence-electron chi connectivity index (χ0n) is 20.6. The average Bonchev–Trinajstić information content (AvgIpc) is 2.91. The minimum atomic E-state index is -0.640. The van der Waals surface area contributed by atoms with Gasteiger partial charge in [0.1, 0.15) is 12.1 Å². The lowest BCUT2D eigenvalue weighted by Crippen LogP contribution is -2.21. The van der Waals surface area contributed by atoms with Crippen molar-refractivity contribution in [2.45, 2.75) is 26.7 Å². The fourth-order valence-electron chi connectivity index (χ4n) is 3.96. The molecule has 9 nitrogen and oxygen atoms in total. The third kappa shape index (κ3) is 5.22. The molecule has 0 saturated carbocycles. The van der Waals surface area contributed by atoms with E-state index in [-0.39, 0.29) is 17.4 Å². The molecule has 0 aliphatic carbocycles. The van der Waals surface area contributed by atoms with Gasteiger partial charge in [-0.15, -0.1) is 0 Å². The highest BCUT2D eigenvalue weighted by molar-refractivity contribution is 6.06. The molecule has 2 atom stereocenters. The van der Waals surface area contributed by atoms with Crippen LogP contribution in [-0.2, 0) is 0 Å². The molecule has 0 radical (unpaired) electrons. The molecule has 0 spiro atoms. The number of hydrogen-bond donors (Lipinski definition) is 2. The summed E-state index contributed by atoms with van der Waals surface area (Å²) in [5.74, 6) is -0.209. The summed E-state index contributed by atoms with van der Waals surface area (Å²) < 4.78 is 19.7. The number of aromatic nitrogens is 5. The summed E-state index contributed by atoms with van der Waals surface area (Å²) in [6.45, 7) is 7.20. The van der Waals surface area contributed by atoms with Crippen LogP contribution in [0.5, 0.6) is 6.01 Å². The van der Waals surface area contributed by atoms with Gasteiger partial charge in [-0.1, -0.05) is 32.0 Å². The predicted octanol–water partition coefficient (Wildman–Crippen LogP) is 4.23. The largest absolute Gasteiger partial charge is 0.464 e. The van der Waals surface area contributed by atoms with Crippen molar-refractivity contribution in [3.8, 4) is 17.3 Å². The van der Waals surface area contributed by atoms with Crippen LogP contribution in [0.25, 0.3) is 22.2 Å². The van der Waals surface area contributed by atoms with Crippen LogP contribution in [0.15, 0.2) is 49.2 Å². The molecule has 4 rings (SSSR count). The first kappa shape index (κ1) is 24.9. The molecule has 36 heavy (non-hydrogen) atoms. The molecule has 1 amide bonds. The molecular weight excluding hydrogens is 461 g/mol. The first-order valence-corrected chi connectivity index (χ1v) is 11.7. The lowest BCUT2D eigenvalue weighted by atomic mass is 9.87. The molecule has 3 heterocycles. The normalized spacial score (nSPS) is 12.7. The van der Waals surface area contributed by atoms with E-state index in [4.69, 9.17) is 4.74 Å². The second kappa shape index (κ2) is 11.0. The van der Waals surface area contributed by atoms with Crippen LogP contribution >= 0.6 is 0 Å². The van der Waals surface area contributed by atoms with Crippen molar-refractivity contribution in [2.75, 3.05) is 25.5 Å². The smallest absolute Gasteiger partial charge is 0.316 e. The topological polar surface area (TPSA) is 115 Å². The van der Waals surface area contributed by atoms with Crippen LogP contribution in [0.3, 0.4) is 0 Å². The highest BCUT2D eigenvalue weighted by atomic mass is 19.1. The molecule has 4 aromatic rings. The zero-order chi connectivity index (χ0) is 25.7. The Morgan fingerprint density at radius 2 is 1.86 bits per heavy atom. The monoisotopic (exact) mass is 489 g/mol. The van der Waals surface area contributed by atoms with Crippen LogP contribution in [0.4, 0.5) is 10.2 Å². The Balaban J connectivity index is 1.50. The van der Waals surface area contributed by atoms with Crippen molar-refractivity contribution in [3.05, 3.63) is 66.1 Å². The van der Waals surface area contributed by atoms with Crippen LogP contribution in [0.2, 0.25) is 0 Å². The fourth-order valence-corrected chi connectivity index (χ4v) is 3.96. The number of amides is 1. The van der Waals surface area contributed by atoms with Gasteiger partial charge < -0.3 is 15.4 Å². The SMILES string of the molecule is CCOc1ncc(-c2cc(NC[C@@H](C)C(C)c3cccc4c(C(=O)NC)c(F)cnc34)ncn2)cn1. The van der Waals surface area contributed by atoms with Crippen molar-refractivity contribution in [1.82, 2.24) is 30.2 Å². The Morgan fingerprint density at radius 3 is 2.58 bits per heavy atom. The van der Waals surface area contributed by atoms with Gasteiger partial charge in [0.15, 0.2) is 5.82 Å². The van der Waals surface area contributed by atoms with E-state index in [1.807, 2.05) is 25.1 Å². The summed E-state index contributed by atoms with van der Waals surface area (Å²) in [6, 6.07) is 7.69. The number of anilines is 1. The lowest BCUT2D eigenvalue weighted by Gasteiger charge is -2.22. The van der Waals surface area contributed by atoms with E-state index in [0.29, 0.717) is 41.6 Å². The molecule has 10 heteroatoms. The van der Waals surface area contributed by atoms with Gasteiger partial charge in [-0.05, 0) is 24.3 Å². The molecule has 0 aliphatic heterocycles. The third-order valence-corrected chi connectivity index (χ3v) is 6.15. The number of nitrogens with zero attached hydrogens (tertiary/aromatic N) is 5. The Hall–Kier alpha value is -4.21. The molecule has 0 saturated heterocycles. The van der Waals surface area contributed by atoms with Crippen molar-refractivity contribution in [1.29, 1.82) is 0 Å². The van der Waals surface area contributed by atoms with E-state index < -0.39 is 11.7 Å². The molecule has 1 unspecified atom stereocenters. The van der Waals surface area contributed by atoms with Crippen LogP contribution in [0, 0.1) is 11.7 Å². The van der Waals surface area contributed by atoms with Crippen molar-refractivity contribution >= 4 is 22.6 Å². The first-order valence-electron chi connectivity index (χ1n) is 11.7. The second-order valence-electron chi connectivity index (χ2n) is 8.43. The molecule has 3 aromatic heterocycles. The molecule has 1 aromatic carbocycles. The number of para-hydroxylation sites is 1. The second-order valence-corrected chi connectivity index (χ2v) is 8.43. The highest BCUT2D eigenvalue weighted by Gasteiger charge is 2.22. The van der Waals surface area contributed by atoms with Gasteiger partial charge in [0.05, 0.1) is 29.6 Å². The number of carbonyl (C=O) groups is 1. The summed E-state index contributed by atoms with van der Waals surface area (Å²) in [4.78, 5) is 33.6. The molecule has 0 aliphatic rings. The van der Waals surface area contributed by atoms with Crippen molar-refractivity contribution < 1.29 is 13.9 Å². The summed E-state index contributed by atoms with van der Waals surface area (Å²) in [7, 11) is 1.48. The molecule has 186 valence electrons. The third-order valence-electron chi connectivity index (χ3n) is 6.15. The van der Waals surface area contributed by atoms with Crippen LogP contribution in [-0.4, -0.2) is 51.0 Å². The number of halogens is 1. The minimum Gasteiger partial charge on any atom is -0.464 e. The number of benzene rings is 1. The minimum absolute atomic E-state index is 0.00844. The lowest BCUT2D eigenvalue weighted by molar-refractivity contribution is 0.0960. The summed E-state index contributed by atoms with van der Waals surface area (Å²) in [6.07, 6.45) is 5.93. The average molecular weight is 490 g/mol. The Kier molecular flexibility index (Phi) is 7.62. The standard InChI is InChI=1S/C26H28FN7O2/c1-5-36-26-31-11-17(12-32-26)21-9-22(34-14-33-21)29-10-15(2)16(3)18-7-6-8-19-23(25(35)28-4)20(27)13-30-24(18)19/h6-9,11-16H,5,10H2,1-4H3,(H,28,35)(H,29,33,34)/t15-,16?/m1/s1. The van der Waals surface area contributed by atoms with E-state index in [1.54, 1.807) is 18.5 Å². The molecule has 0 bridgehead atoms. The van der Waals surface area contributed by atoms with Gasteiger partial charge in [0, 0.05) is 43.0 Å². The predicted molar refractivity (Wildman–Crippen MR) is 135 cm³/mol. The number of ether oxygens (including phenoxy) is 1. The fraction of sp³-hybridized carbons (Fsp3) is 0.308. The summed E-state index contributed by atoms with van der Waals surface area (Å²) in [5, 5.41) is 6.37. The molecule has 0 fully saturated rings. The number of rotatable bonds is 9. The number of fused-ring (bicyclic) bond motifs is 1. The number of carbonyl (C=O) groups excluding carboxylic acids is 1. The summed E-state index contributed by atoms with van der Waals surface area (Å²) >= 11 is 0. The summed E-state index contributed by atoms with van der Waals surface area (Å²) in [5.41, 5.74) is 3.03. The van der Waals surface area contributed by atoms with Gasteiger partial charge >= 0.3 is 6.01 Å². The van der Waals surface area contributed by atoms with Gasteiger partial charge in [-0.2, -0.15) is 0 Å². The number of hydrogen-bond acceptors (Lipinski definition) is 8. The van der Waals surface area contributed by atoms with Gasteiger partial charge in [0.25, 0.3) is 5.91 Å². The van der Waals surface area contributed by atoms with E-state index in [2.05, 4.69) is 49.4 Å². The van der Waals surface area contributed by atoms with E-state index in [9.17, 15) is 9.18 Å². The van der Waals surface area contributed by atoms with Gasteiger partial charge in [-0.3, -0.25) is 9.78 Å². The number of nitrogens with one attached hydrogen (secondary N) is 2. The Morgan fingerprint density at radius 1 is 1.08 bits per heavy atom. The molecular formula is C26H28FN7O2. The highest BCUT2D eigenvalue weighted by Crippen LogP contribution is 2.32. The van der Waals surface area contributed by atoms with Crippen LogP contribution < -0.4 is 15.4 Å². The van der Waals surface area contributed by atoms with E-state index in [1.165, 1.54) is 13.4 Å². The van der Waals surface area contributed by atoms with Crippen LogP contribution in [0.1, 0.15) is 42.6 Å². The zero-order valence-corrected chi connectivity index (χ0v) is 20.6. The first-order chi connectivity index (χ1) is 17.4. The van der Waals surface area contributed by atoms with E-state index in [0.717, 1.165) is 17.3 Å². The van der Waals surface area contributed by atoms with E-state index >= 15 is 0 Å². The maximum Gasteiger partial charge on any atom is 0.316 e.